The number of carbonyl (C=O) groups excluding carboxylic acids is 1. The van der Waals surface area contributed by atoms with Gasteiger partial charge in [0, 0.05) is 15.5 Å². The van der Waals surface area contributed by atoms with Crippen LogP contribution in [0.1, 0.15) is 40.8 Å². The number of rotatable bonds is 5. The van der Waals surface area contributed by atoms with E-state index in [1.807, 2.05) is 29.6 Å². The standard InChI is InChI=1S/C19H20ClN3OS/c20-14-6-4-5-13(9-14)11-22-12-18(24)23-19-16(10-21)15-7-2-1-3-8-17(15)25-19/h4-6,9,22H,1-3,7-8,11-12H2,(H,23,24)/p+1. The van der Waals surface area contributed by atoms with Crippen molar-refractivity contribution < 1.29 is 10.1 Å². The summed E-state index contributed by atoms with van der Waals surface area (Å²) >= 11 is 7.54. The van der Waals surface area contributed by atoms with Crippen LogP contribution in [0.15, 0.2) is 24.3 Å². The zero-order valence-electron chi connectivity index (χ0n) is 14.0. The number of halogens is 1. The van der Waals surface area contributed by atoms with Crippen LogP contribution in [-0.4, -0.2) is 12.5 Å². The molecule has 0 spiro atoms. The second-order valence-electron chi connectivity index (χ2n) is 6.26. The third kappa shape index (κ3) is 4.60. The van der Waals surface area contributed by atoms with Crippen molar-refractivity contribution in [2.45, 2.75) is 38.6 Å². The number of anilines is 1. The second-order valence-corrected chi connectivity index (χ2v) is 7.80. The number of nitrogens with one attached hydrogen (secondary N) is 1. The highest BCUT2D eigenvalue weighted by Crippen LogP contribution is 2.36. The molecule has 130 valence electrons. The van der Waals surface area contributed by atoms with E-state index < -0.39 is 0 Å². The first-order valence-corrected chi connectivity index (χ1v) is 9.77. The van der Waals surface area contributed by atoms with Crippen LogP contribution in [0.3, 0.4) is 0 Å². The van der Waals surface area contributed by atoms with Crippen LogP contribution in [0.25, 0.3) is 0 Å². The topological polar surface area (TPSA) is 69.5 Å². The van der Waals surface area contributed by atoms with Crippen molar-refractivity contribution in [3.05, 3.63) is 50.9 Å². The van der Waals surface area contributed by atoms with Crippen LogP contribution in [0.5, 0.6) is 0 Å². The maximum Gasteiger partial charge on any atom is 0.280 e. The molecule has 1 amide bonds. The van der Waals surface area contributed by atoms with E-state index in [0.717, 1.165) is 35.4 Å². The molecule has 1 aromatic heterocycles. The SMILES string of the molecule is N#Cc1c(NC(=O)C[NH2+]Cc2cccc(Cl)c2)sc2c1CCCCC2. The van der Waals surface area contributed by atoms with Crippen LogP contribution in [-0.2, 0) is 24.2 Å². The van der Waals surface area contributed by atoms with Crippen molar-refractivity contribution in [2.24, 2.45) is 0 Å². The molecule has 1 heterocycles. The van der Waals surface area contributed by atoms with Gasteiger partial charge < -0.3 is 10.6 Å². The van der Waals surface area contributed by atoms with E-state index in [1.165, 1.54) is 17.7 Å². The molecule has 0 fully saturated rings. The normalized spacial score (nSPS) is 13.6. The van der Waals surface area contributed by atoms with Gasteiger partial charge in [0.25, 0.3) is 5.91 Å². The summed E-state index contributed by atoms with van der Waals surface area (Å²) < 4.78 is 0. The first-order chi connectivity index (χ1) is 12.2. The third-order valence-corrected chi connectivity index (χ3v) is 5.83. The number of nitrogens with zero attached hydrogens (tertiary/aromatic N) is 1. The summed E-state index contributed by atoms with van der Waals surface area (Å²) in [5.41, 5.74) is 2.91. The molecule has 0 saturated heterocycles. The van der Waals surface area contributed by atoms with Crippen molar-refractivity contribution >= 4 is 33.8 Å². The summed E-state index contributed by atoms with van der Waals surface area (Å²) in [7, 11) is 0. The summed E-state index contributed by atoms with van der Waals surface area (Å²) in [5.74, 6) is -0.0741. The Labute approximate surface area is 156 Å². The lowest BCUT2D eigenvalue weighted by atomic mass is 10.1. The molecule has 1 aromatic carbocycles. The quantitative estimate of drug-likeness (QED) is 0.789. The Morgan fingerprint density at radius 2 is 2.16 bits per heavy atom. The molecule has 3 rings (SSSR count). The molecule has 0 radical (unpaired) electrons. The number of fused-ring (bicyclic) bond motifs is 1. The van der Waals surface area contributed by atoms with E-state index in [2.05, 4.69) is 11.4 Å². The first-order valence-electron chi connectivity index (χ1n) is 8.58. The van der Waals surface area contributed by atoms with Crippen molar-refractivity contribution in [1.82, 2.24) is 0 Å². The predicted molar refractivity (Wildman–Crippen MR) is 101 cm³/mol. The highest BCUT2D eigenvalue weighted by atomic mass is 35.5. The largest absolute Gasteiger partial charge is 0.335 e. The molecule has 0 aliphatic heterocycles. The number of hydrogen-bond donors (Lipinski definition) is 2. The van der Waals surface area contributed by atoms with Crippen molar-refractivity contribution in [1.29, 1.82) is 5.26 Å². The molecule has 6 heteroatoms. The molecule has 1 aliphatic rings. The number of nitriles is 1. The summed E-state index contributed by atoms with van der Waals surface area (Å²) in [6.45, 7) is 1.01. The number of hydrogen-bond acceptors (Lipinski definition) is 3. The summed E-state index contributed by atoms with van der Waals surface area (Å²) in [6, 6.07) is 9.93. The van der Waals surface area contributed by atoms with Gasteiger partial charge in [-0.15, -0.1) is 11.3 Å². The molecule has 2 aromatic rings. The summed E-state index contributed by atoms with van der Waals surface area (Å²) in [6.07, 6.45) is 5.47. The van der Waals surface area contributed by atoms with Crippen LogP contribution >= 0.6 is 22.9 Å². The maximum absolute atomic E-state index is 12.2. The minimum Gasteiger partial charge on any atom is -0.335 e. The number of amides is 1. The molecule has 0 bridgehead atoms. The van der Waals surface area contributed by atoms with Crippen molar-refractivity contribution in [2.75, 3.05) is 11.9 Å². The predicted octanol–water partition coefficient (Wildman–Crippen LogP) is 3.24. The van der Waals surface area contributed by atoms with Gasteiger partial charge in [-0.25, -0.2) is 0 Å². The van der Waals surface area contributed by atoms with Gasteiger partial charge in [-0.1, -0.05) is 30.2 Å². The lowest BCUT2D eigenvalue weighted by Crippen LogP contribution is -2.84. The average Bonchev–Trinajstić information content (AvgIpc) is 2.75. The maximum atomic E-state index is 12.2. The summed E-state index contributed by atoms with van der Waals surface area (Å²) in [4.78, 5) is 13.5. The smallest absolute Gasteiger partial charge is 0.280 e. The number of aryl methyl sites for hydroxylation is 1. The number of quaternary nitrogens is 1. The number of benzene rings is 1. The van der Waals surface area contributed by atoms with Crippen LogP contribution in [0, 0.1) is 11.3 Å². The summed E-state index contributed by atoms with van der Waals surface area (Å²) in [5, 5.41) is 15.8. The van der Waals surface area contributed by atoms with Crippen molar-refractivity contribution in [3.63, 3.8) is 0 Å². The van der Waals surface area contributed by atoms with Gasteiger partial charge in [-0.3, -0.25) is 4.79 Å². The van der Waals surface area contributed by atoms with Gasteiger partial charge in [-0.2, -0.15) is 5.26 Å². The molecule has 3 N–H and O–H groups in total. The van der Waals surface area contributed by atoms with E-state index in [4.69, 9.17) is 11.6 Å². The second kappa shape index (κ2) is 8.48. The van der Waals surface area contributed by atoms with E-state index in [-0.39, 0.29) is 5.91 Å². The molecule has 0 saturated carbocycles. The minimum atomic E-state index is -0.0741. The van der Waals surface area contributed by atoms with Crippen molar-refractivity contribution in [3.8, 4) is 6.07 Å². The number of carbonyl (C=O) groups is 1. The fourth-order valence-corrected chi connectivity index (χ4v) is 4.63. The van der Waals surface area contributed by atoms with Crippen LogP contribution < -0.4 is 10.6 Å². The fourth-order valence-electron chi connectivity index (χ4n) is 3.16. The Bertz CT molecular complexity index is 809. The molecular weight excluding hydrogens is 354 g/mol. The van der Waals surface area contributed by atoms with Gasteiger partial charge in [0.2, 0.25) is 0 Å². The minimum absolute atomic E-state index is 0.0741. The zero-order chi connectivity index (χ0) is 17.6. The van der Waals surface area contributed by atoms with Gasteiger partial charge in [-0.05, 0) is 43.4 Å². The molecule has 1 aliphatic carbocycles. The highest BCUT2D eigenvalue weighted by molar-refractivity contribution is 7.16. The Balaban J connectivity index is 1.59. The lowest BCUT2D eigenvalue weighted by molar-refractivity contribution is -0.659. The Hall–Kier alpha value is -1.87. The molecule has 4 nitrogen and oxygen atoms in total. The molecule has 25 heavy (non-hydrogen) atoms. The molecule has 0 atom stereocenters. The van der Waals surface area contributed by atoms with Gasteiger partial charge in [0.15, 0.2) is 6.54 Å². The van der Waals surface area contributed by atoms with Crippen LogP contribution in [0.2, 0.25) is 5.02 Å². The molecule has 0 unspecified atom stereocenters. The fraction of sp³-hybridized carbons (Fsp3) is 0.368. The lowest BCUT2D eigenvalue weighted by Gasteiger charge is -2.04. The number of nitrogens with two attached hydrogens (primary N) is 1. The Morgan fingerprint density at radius 3 is 2.96 bits per heavy atom. The Kier molecular flexibility index (Phi) is 6.09. The number of thiophene rings is 1. The van der Waals surface area contributed by atoms with Gasteiger partial charge in [0.1, 0.15) is 17.6 Å². The van der Waals surface area contributed by atoms with E-state index >= 15 is 0 Å². The monoisotopic (exact) mass is 374 g/mol. The zero-order valence-corrected chi connectivity index (χ0v) is 15.6. The first kappa shape index (κ1) is 17.9. The van der Waals surface area contributed by atoms with Gasteiger partial charge >= 0.3 is 0 Å². The van der Waals surface area contributed by atoms with Crippen LogP contribution in [0.4, 0.5) is 5.00 Å². The Morgan fingerprint density at radius 1 is 1.32 bits per heavy atom. The highest BCUT2D eigenvalue weighted by Gasteiger charge is 2.21. The van der Waals surface area contributed by atoms with Gasteiger partial charge in [0.05, 0.1) is 5.56 Å². The van der Waals surface area contributed by atoms with E-state index in [0.29, 0.717) is 23.7 Å². The molecular formula is C19H21ClN3OS+. The van der Waals surface area contributed by atoms with E-state index in [9.17, 15) is 10.1 Å². The average molecular weight is 375 g/mol. The third-order valence-electron chi connectivity index (χ3n) is 4.38. The van der Waals surface area contributed by atoms with E-state index in [1.54, 1.807) is 11.3 Å².